The number of halogens is 1. The second-order valence-electron chi connectivity index (χ2n) is 5.44. The number of hydrogen-bond acceptors (Lipinski definition) is 3. The zero-order valence-electron chi connectivity index (χ0n) is 12.5. The van der Waals surface area contributed by atoms with Crippen LogP contribution in [0.15, 0.2) is 22.7 Å². The van der Waals surface area contributed by atoms with Gasteiger partial charge in [-0.15, -0.1) is 0 Å². The summed E-state index contributed by atoms with van der Waals surface area (Å²) in [6, 6.07) is 5.59. The maximum absolute atomic E-state index is 12.1. The van der Waals surface area contributed by atoms with Crippen LogP contribution < -0.4 is 15.8 Å². The van der Waals surface area contributed by atoms with E-state index in [9.17, 15) is 4.79 Å². The molecular formula is C15H23BrN2O2. The van der Waals surface area contributed by atoms with Crippen molar-refractivity contribution in [3.8, 4) is 5.75 Å². The van der Waals surface area contributed by atoms with E-state index in [1.54, 1.807) is 6.92 Å². The first-order valence-corrected chi connectivity index (χ1v) is 7.55. The highest BCUT2D eigenvalue weighted by atomic mass is 79.9. The van der Waals surface area contributed by atoms with Gasteiger partial charge in [-0.1, -0.05) is 22.9 Å². The first-order valence-electron chi connectivity index (χ1n) is 6.76. The molecule has 3 N–H and O–H groups in total. The molecule has 1 aromatic carbocycles. The Hall–Kier alpha value is -1.07. The van der Waals surface area contributed by atoms with Crippen molar-refractivity contribution in [3.05, 3.63) is 28.2 Å². The van der Waals surface area contributed by atoms with Crippen molar-refractivity contribution >= 4 is 21.8 Å². The molecule has 0 aromatic heterocycles. The Balaban J connectivity index is 2.75. The number of nitrogens with two attached hydrogens (primary N) is 1. The number of rotatable bonds is 6. The Labute approximate surface area is 129 Å². The van der Waals surface area contributed by atoms with Crippen molar-refractivity contribution in [2.75, 3.05) is 0 Å². The van der Waals surface area contributed by atoms with E-state index in [0.29, 0.717) is 12.3 Å². The molecule has 0 spiro atoms. The Morgan fingerprint density at radius 1 is 1.50 bits per heavy atom. The maximum Gasteiger partial charge on any atom is 0.261 e. The molecule has 4 nitrogen and oxygen atoms in total. The third-order valence-electron chi connectivity index (χ3n) is 3.26. The van der Waals surface area contributed by atoms with E-state index in [0.717, 1.165) is 16.5 Å². The molecule has 1 amide bonds. The quantitative estimate of drug-likeness (QED) is 0.835. The standard InChI is InChI=1S/C15H23BrN2O2/c1-5-15(3,4)18-14(19)10(2)20-13-7-6-12(16)8-11(13)9-17/h6-8,10H,5,9,17H2,1-4H3,(H,18,19). The molecule has 0 aliphatic rings. The van der Waals surface area contributed by atoms with Gasteiger partial charge in [0.05, 0.1) is 0 Å². The number of benzene rings is 1. The van der Waals surface area contributed by atoms with Crippen LogP contribution in [0.1, 0.15) is 39.7 Å². The van der Waals surface area contributed by atoms with Gasteiger partial charge in [0.25, 0.3) is 5.91 Å². The lowest BCUT2D eigenvalue weighted by Crippen LogP contribution is -2.48. The summed E-state index contributed by atoms with van der Waals surface area (Å²) in [6.45, 7) is 8.12. The topological polar surface area (TPSA) is 64.3 Å². The van der Waals surface area contributed by atoms with E-state index in [2.05, 4.69) is 21.2 Å². The summed E-state index contributed by atoms with van der Waals surface area (Å²) in [5.74, 6) is 0.524. The van der Waals surface area contributed by atoms with E-state index in [4.69, 9.17) is 10.5 Å². The molecule has 0 saturated heterocycles. The van der Waals surface area contributed by atoms with Crippen LogP contribution in [0.2, 0.25) is 0 Å². The fraction of sp³-hybridized carbons (Fsp3) is 0.533. The fourth-order valence-electron chi connectivity index (χ4n) is 1.59. The molecule has 1 atom stereocenters. The number of nitrogens with one attached hydrogen (secondary N) is 1. The van der Waals surface area contributed by atoms with Gasteiger partial charge in [0.15, 0.2) is 6.10 Å². The minimum atomic E-state index is -0.563. The number of hydrogen-bond donors (Lipinski definition) is 2. The smallest absolute Gasteiger partial charge is 0.261 e. The van der Waals surface area contributed by atoms with Crippen molar-refractivity contribution < 1.29 is 9.53 Å². The molecule has 1 rings (SSSR count). The molecule has 1 unspecified atom stereocenters. The lowest BCUT2D eigenvalue weighted by molar-refractivity contribution is -0.129. The maximum atomic E-state index is 12.1. The van der Waals surface area contributed by atoms with E-state index in [1.165, 1.54) is 0 Å². The van der Waals surface area contributed by atoms with E-state index in [-0.39, 0.29) is 11.4 Å². The van der Waals surface area contributed by atoms with Crippen molar-refractivity contribution in [1.29, 1.82) is 0 Å². The van der Waals surface area contributed by atoms with E-state index < -0.39 is 6.10 Å². The lowest BCUT2D eigenvalue weighted by Gasteiger charge is -2.27. The van der Waals surface area contributed by atoms with Gasteiger partial charge < -0.3 is 15.8 Å². The van der Waals surface area contributed by atoms with Crippen LogP contribution in [-0.2, 0) is 11.3 Å². The van der Waals surface area contributed by atoms with E-state index in [1.807, 2.05) is 39.0 Å². The average molecular weight is 343 g/mol. The minimum absolute atomic E-state index is 0.122. The second kappa shape index (κ2) is 7.09. The predicted octanol–water partition coefficient (Wildman–Crippen LogP) is 2.98. The van der Waals surface area contributed by atoms with Crippen LogP contribution in [0.4, 0.5) is 0 Å². The summed E-state index contributed by atoms with van der Waals surface area (Å²) < 4.78 is 6.67. The van der Waals surface area contributed by atoms with Crippen LogP contribution >= 0.6 is 15.9 Å². The summed E-state index contributed by atoms with van der Waals surface area (Å²) in [4.78, 5) is 12.1. The lowest BCUT2D eigenvalue weighted by atomic mass is 10.0. The Morgan fingerprint density at radius 3 is 2.70 bits per heavy atom. The first-order chi connectivity index (χ1) is 9.29. The molecule has 0 radical (unpaired) electrons. The Bertz CT molecular complexity index is 475. The van der Waals surface area contributed by atoms with Gasteiger partial charge in [0.2, 0.25) is 0 Å². The fourth-order valence-corrected chi connectivity index (χ4v) is 2.00. The monoisotopic (exact) mass is 342 g/mol. The SMILES string of the molecule is CCC(C)(C)NC(=O)C(C)Oc1ccc(Br)cc1CN. The highest BCUT2D eigenvalue weighted by Gasteiger charge is 2.23. The van der Waals surface area contributed by atoms with Crippen molar-refractivity contribution in [2.45, 2.75) is 52.3 Å². The van der Waals surface area contributed by atoms with Gasteiger partial charge in [0, 0.05) is 22.1 Å². The largest absolute Gasteiger partial charge is 0.481 e. The van der Waals surface area contributed by atoms with Crippen LogP contribution in [-0.4, -0.2) is 17.6 Å². The van der Waals surface area contributed by atoms with Crippen molar-refractivity contribution in [1.82, 2.24) is 5.32 Å². The summed E-state index contributed by atoms with van der Waals surface area (Å²) in [5.41, 5.74) is 6.33. The molecule has 112 valence electrons. The minimum Gasteiger partial charge on any atom is -0.481 e. The van der Waals surface area contributed by atoms with Crippen molar-refractivity contribution in [2.24, 2.45) is 5.73 Å². The third kappa shape index (κ3) is 4.80. The molecule has 0 aliphatic heterocycles. The number of ether oxygens (including phenoxy) is 1. The summed E-state index contributed by atoms with van der Waals surface area (Å²) >= 11 is 3.39. The van der Waals surface area contributed by atoms with Gasteiger partial charge >= 0.3 is 0 Å². The summed E-state index contributed by atoms with van der Waals surface area (Å²) in [7, 11) is 0. The van der Waals surface area contributed by atoms with Gasteiger partial charge in [-0.2, -0.15) is 0 Å². The molecule has 0 aliphatic carbocycles. The molecule has 5 heteroatoms. The van der Waals surface area contributed by atoms with Gasteiger partial charge in [-0.25, -0.2) is 0 Å². The number of carbonyl (C=O) groups excluding carboxylic acids is 1. The molecule has 0 bridgehead atoms. The van der Waals surface area contributed by atoms with Gasteiger partial charge in [-0.05, 0) is 45.4 Å². The molecule has 1 aromatic rings. The van der Waals surface area contributed by atoms with Crippen LogP contribution in [0.3, 0.4) is 0 Å². The number of amides is 1. The normalized spacial score (nSPS) is 12.9. The van der Waals surface area contributed by atoms with Crippen LogP contribution in [0.5, 0.6) is 5.75 Å². The second-order valence-corrected chi connectivity index (χ2v) is 6.36. The average Bonchev–Trinajstić information content (AvgIpc) is 2.40. The molecule has 0 fully saturated rings. The Kier molecular flexibility index (Phi) is 6.02. The zero-order chi connectivity index (χ0) is 15.3. The van der Waals surface area contributed by atoms with Gasteiger partial charge in [-0.3, -0.25) is 4.79 Å². The highest BCUT2D eigenvalue weighted by molar-refractivity contribution is 9.10. The van der Waals surface area contributed by atoms with Crippen LogP contribution in [0, 0.1) is 0 Å². The molecule has 20 heavy (non-hydrogen) atoms. The van der Waals surface area contributed by atoms with Crippen molar-refractivity contribution in [3.63, 3.8) is 0 Å². The van der Waals surface area contributed by atoms with Gasteiger partial charge in [0.1, 0.15) is 5.75 Å². The summed E-state index contributed by atoms with van der Waals surface area (Å²) in [6.07, 6.45) is 0.296. The third-order valence-corrected chi connectivity index (χ3v) is 3.75. The van der Waals surface area contributed by atoms with Crippen LogP contribution in [0.25, 0.3) is 0 Å². The molecule has 0 saturated carbocycles. The van der Waals surface area contributed by atoms with E-state index >= 15 is 0 Å². The zero-order valence-corrected chi connectivity index (χ0v) is 14.1. The number of carbonyl (C=O) groups is 1. The Morgan fingerprint density at radius 2 is 2.15 bits per heavy atom. The highest BCUT2D eigenvalue weighted by Crippen LogP contribution is 2.24. The molecule has 0 heterocycles. The summed E-state index contributed by atoms with van der Waals surface area (Å²) in [5, 5.41) is 2.97. The molecular weight excluding hydrogens is 320 g/mol. The predicted molar refractivity (Wildman–Crippen MR) is 84.6 cm³/mol. The first kappa shape index (κ1) is 17.0.